The van der Waals surface area contributed by atoms with Crippen LogP contribution in [0.3, 0.4) is 0 Å². The number of hydrogen-bond acceptors (Lipinski definition) is 4. The van der Waals surface area contributed by atoms with Crippen molar-refractivity contribution < 1.29 is 17.9 Å². The number of alkyl halides is 1. The van der Waals surface area contributed by atoms with Crippen LogP contribution in [0.15, 0.2) is 29.2 Å². The first-order chi connectivity index (χ1) is 9.35. The molecular formula is C13H19FINO3S. The summed E-state index contributed by atoms with van der Waals surface area (Å²) >= 11 is 1.99. The van der Waals surface area contributed by atoms with Gasteiger partial charge in [0.25, 0.3) is 0 Å². The lowest BCUT2D eigenvalue weighted by Gasteiger charge is -2.47. The van der Waals surface area contributed by atoms with E-state index in [-0.39, 0.29) is 24.2 Å². The molecule has 1 aromatic rings. The average molecular weight is 415 g/mol. The highest BCUT2D eigenvalue weighted by Gasteiger charge is 2.31. The van der Waals surface area contributed by atoms with Gasteiger partial charge in [0.15, 0.2) is 5.78 Å². The van der Waals surface area contributed by atoms with E-state index in [2.05, 4.69) is 0 Å². The number of Topliss-reactive ketones (excluding diaryl/α,β-unsaturated/α-hetero) is 1. The van der Waals surface area contributed by atoms with E-state index in [1.54, 1.807) is 4.31 Å². The third-order valence-corrected chi connectivity index (χ3v) is 6.12. The van der Waals surface area contributed by atoms with Gasteiger partial charge in [-0.2, -0.15) is 4.31 Å². The highest BCUT2D eigenvalue weighted by atomic mass is 127. The van der Waals surface area contributed by atoms with Crippen molar-refractivity contribution in [2.45, 2.75) is 24.8 Å². The Morgan fingerprint density at radius 2 is 2.00 bits per heavy atom. The molecule has 1 aromatic carbocycles. The lowest BCUT2D eigenvalue weighted by molar-refractivity contribution is -0.116. The Kier molecular flexibility index (Phi) is 6.86. The molecule has 1 atom stereocenters. The molecule has 0 aliphatic rings. The summed E-state index contributed by atoms with van der Waals surface area (Å²) in [7, 11) is -1.38. The molecule has 1 rings (SSSR count). The zero-order valence-electron chi connectivity index (χ0n) is 11.7. The summed E-state index contributed by atoms with van der Waals surface area (Å²) in [4.78, 5) is 12.2. The van der Waals surface area contributed by atoms with Gasteiger partial charge in [0, 0.05) is 6.04 Å². The molecule has 0 aromatic heterocycles. The third kappa shape index (κ3) is 4.14. The Bertz CT molecular complexity index is 457. The van der Waals surface area contributed by atoms with Crippen molar-refractivity contribution in [2.75, 3.05) is 18.1 Å². The van der Waals surface area contributed by atoms with Crippen LogP contribution in [-0.2, 0) is 8.98 Å². The largest absolute Gasteiger partial charge is 0.297 e. The molecule has 0 spiro atoms. The Morgan fingerprint density at radius 3 is 2.40 bits per heavy atom. The van der Waals surface area contributed by atoms with Crippen LogP contribution in [0.25, 0.3) is 0 Å². The highest BCUT2D eigenvalue weighted by Crippen LogP contribution is 2.56. The maximum Gasteiger partial charge on any atom is 0.158 e. The van der Waals surface area contributed by atoms with Gasteiger partial charge >= 0.3 is 0 Å². The Hall–Kier alpha value is -0.220. The first-order valence-corrected chi connectivity index (χ1v) is 9.06. The fraction of sp³-hybridized carbons (Fsp3) is 0.462. The van der Waals surface area contributed by atoms with Crippen molar-refractivity contribution in [1.29, 1.82) is 0 Å². The van der Waals surface area contributed by atoms with E-state index in [9.17, 15) is 13.7 Å². The topological polar surface area (TPSA) is 49.8 Å². The van der Waals surface area contributed by atoms with Crippen LogP contribution in [0.4, 0.5) is 4.39 Å². The van der Waals surface area contributed by atoms with Crippen LogP contribution in [0.2, 0.25) is 0 Å². The van der Waals surface area contributed by atoms with E-state index in [0.717, 1.165) is 0 Å². The Morgan fingerprint density at radius 1 is 1.45 bits per heavy atom. The predicted molar refractivity (Wildman–Crippen MR) is 87.6 cm³/mol. The summed E-state index contributed by atoms with van der Waals surface area (Å²) in [6.07, 6.45) is 0. The molecule has 4 nitrogen and oxygen atoms in total. The number of carbonyl (C=O) groups is 1. The number of benzene rings is 1. The molecule has 7 heteroatoms. The van der Waals surface area contributed by atoms with Crippen molar-refractivity contribution >= 4 is 39.1 Å². The SMILES string of the molecule is COS(O)(c1ccc(F)cc1)N(CC(=O)CI)C(C)C. The van der Waals surface area contributed by atoms with Crippen molar-refractivity contribution in [3.05, 3.63) is 30.1 Å². The van der Waals surface area contributed by atoms with Crippen molar-refractivity contribution in [1.82, 2.24) is 4.31 Å². The van der Waals surface area contributed by atoms with Gasteiger partial charge < -0.3 is 0 Å². The van der Waals surface area contributed by atoms with E-state index < -0.39 is 10.8 Å². The standard InChI is InChI=1S/C13H19FINO3S/c1-10(2)16(9-12(17)8-15)20(18,19-3)13-6-4-11(14)5-7-13/h4-7,10,18H,8-9H2,1-3H3. The second-order valence-corrected chi connectivity index (χ2v) is 7.49. The Labute approximate surface area is 134 Å². The predicted octanol–water partition coefficient (Wildman–Crippen LogP) is 3.65. The van der Waals surface area contributed by atoms with Crippen LogP contribution in [0.1, 0.15) is 13.8 Å². The van der Waals surface area contributed by atoms with E-state index in [1.807, 2.05) is 36.4 Å². The van der Waals surface area contributed by atoms with Crippen molar-refractivity contribution in [3.8, 4) is 0 Å². The molecule has 1 N–H and O–H groups in total. The van der Waals surface area contributed by atoms with Gasteiger partial charge in [-0.15, -0.1) is 10.8 Å². The van der Waals surface area contributed by atoms with E-state index in [4.69, 9.17) is 4.18 Å². The average Bonchev–Trinajstić information content (AvgIpc) is 2.44. The lowest BCUT2D eigenvalue weighted by Crippen LogP contribution is -2.39. The van der Waals surface area contributed by atoms with Gasteiger partial charge in [0.1, 0.15) is 5.82 Å². The maximum absolute atomic E-state index is 13.0. The zero-order chi connectivity index (χ0) is 15.3. The van der Waals surface area contributed by atoms with Gasteiger partial charge in [-0.05, 0) is 38.1 Å². The first-order valence-electron chi connectivity index (χ1n) is 6.06. The summed E-state index contributed by atoms with van der Waals surface area (Å²) in [5.74, 6) is -0.379. The molecule has 0 radical (unpaired) electrons. The smallest absolute Gasteiger partial charge is 0.158 e. The van der Waals surface area contributed by atoms with Crippen LogP contribution in [0, 0.1) is 5.82 Å². The molecule has 0 heterocycles. The van der Waals surface area contributed by atoms with Crippen LogP contribution < -0.4 is 0 Å². The van der Waals surface area contributed by atoms with Crippen molar-refractivity contribution in [2.24, 2.45) is 0 Å². The normalized spacial score (nSPS) is 16.2. The molecule has 20 heavy (non-hydrogen) atoms. The van der Waals surface area contributed by atoms with Crippen LogP contribution in [-0.4, -0.2) is 38.8 Å². The monoisotopic (exact) mass is 415 g/mol. The van der Waals surface area contributed by atoms with E-state index in [1.165, 1.54) is 31.4 Å². The molecule has 0 saturated carbocycles. The molecule has 1 unspecified atom stereocenters. The first kappa shape index (κ1) is 17.8. The molecular weight excluding hydrogens is 396 g/mol. The Balaban J connectivity index is 3.16. The number of nitrogens with zero attached hydrogens (tertiary/aromatic N) is 1. The molecule has 0 saturated heterocycles. The molecule has 0 fully saturated rings. The molecule has 0 amide bonds. The molecule has 114 valence electrons. The minimum absolute atomic E-state index is 0.00406. The van der Waals surface area contributed by atoms with Gasteiger partial charge in [0.2, 0.25) is 0 Å². The fourth-order valence-corrected chi connectivity index (χ4v) is 3.99. The van der Waals surface area contributed by atoms with Gasteiger partial charge in [0.05, 0.1) is 23.0 Å². The van der Waals surface area contributed by atoms with Crippen LogP contribution in [0.5, 0.6) is 0 Å². The highest BCUT2D eigenvalue weighted by molar-refractivity contribution is 14.1. The quantitative estimate of drug-likeness (QED) is 0.546. The molecule has 0 aliphatic heterocycles. The summed E-state index contributed by atoms with van der Waals surface area (Å²) in [5.41, 5.74) is 0. The fourth-order valence-electron chi connectivity index (χ4n) is 1.71. The number of halogens is 2. The van der Waals surface area contributed by atoms with Gasteiger partial charge in [-0.25, -0.2) is 4.39 Å². The summed E-state index contributed by atoms with van der Waals surface area (Å²) in [5, 5.41) is 0. The molecule has 0 aliphatic carbocycles. The lowest BCUT2D eigenvalue weighted by atomic mass is 10.3. The zero-order valence-corrected chi connectivity index (χ0v) is 14.7. The van der Waals surface area contributed by atoms with Gasteiger partial charge in [-0.3, -0.25) is 13.5 Å². The number of ketones is 1. The molecule has 0 bridgehead atoms. The summed E-state index contributed by atoms with van der Waals surface area (Å²) in [6.45, 7) is 3.85. The van der Waals surface area contributed by atoms with E-state index in [0.29, 0.717) is 9.32 Å². The number of rotatable bonds is 7. The number of hydrogen-bond donors (Lipinski definition) is 1. The van der Waals surface area contributed by atoms with E-state index >= 15 is 0 Å². The maximum atomic E-state index is 13.0. The van der Waals surface area contributed by atoms with Crippen LogP contribution >= 0.6 is 33.4 Å². The second kappa shape index (κ2) is 7.69. The third-order valence-electron chi connectivity index (χ3n) is 2.73. The van der Waals surface area contributed by atoms with Gasteiger partial charge in [-0.1, -0.05) is 22.6 Å². The summed E-state index contributed by atoms with van der Waals surface area (Å²) < 4.78 is 31.2. The number of carbonyl (C=O) groups excluding carboxylic acids is 1. The second-order valence-electron chi connectivity index (χ2n) is 4.46. The van der Waals surface area contributed by atoms with Crippen molar-refractivity contribution in [3.63, 3.8) is 0 Å². The minimum Gasteiger partial charge on any atom is -0.297 e. The summed E-state index contributed by atoms with van der Waals surface area (Å²) in [6, 6.07) is 5.42. The minimum atomic E-state index is -2.78.